The third-order valence-electron chi connectivity index (χ3n) is 6.93. The molecular weight excluding hydrogens is 473 g/mol. The number of halogens is 3. The summed E-state index contributed by atoms with van der Waals surface area (Å²) < 4.78 is 44.9. The highest BCUT2D eigenvalue weighted by atomic mass is 19.4. The number of rotatable bonds is 6. The molecule has 11 heteroatoms. The number of pyridine rings is 1. The maximum absolute atomic E-state index is 13.6. The lowest BCUT2D eigenvalue weighted by atomic mass is 9.72. The van der Waals surface area contributed by atoms with Crippen LogP contribution in [0.3, 0.4) is 0 Å². The number of hydrogen-bond donors (Lipinski definition) is 1. The van der Waals surface area contributed by atoms with E-state index in [0.29, 0.717) is 17.2 Å². The predicted molar refractivity (Wildman–Crippen MR) is 126 cm³/mol. The zero-order chi connectivity index (χ0) is 25.6. The summed E-state index contributed by atoms with van der Waals surface area (Å²) in [6, 6.07) is 7.54. The molecule has 0 saturated heterocycles. The molecule has 1 aliphatic rings. The van der Waals surface area contributed by atoms with Gasteiger partial charge in [0.15, 0.2) is 0 Å². The first kappa shape index (κ1) is 23.8. The van der Waals surface area contributed by atoms with Crippen molar-refractivity contribution in [2.75, 3.05) is 7.05 Å². The molecule has 0 spiro atoms. The number of likely N-dealkylation sites (N-methyl/N-ethyl adjacent to an activating group) is 1. The Morgan fingerprint density at radius 3 is 2.64 bits per heavy atom. The number of carbonyl (C=O) groups is 1. The molecule has 1 saturated carbocycles. The normalized spacial score (nSPS) is 15.1. The van der Waals surface area contributed by atoms with Gasteiger partial charge in [-0.15, -0.1) is 10.2 Å². The molecule has 1 amide bonds. The van der Waals surface area contributed by atoms with Crippen molar-refractivity contribution in [2.45, 2.75) is 37.8 Å². The van der Waals surface area contributed by atoms with E-state index in [1.165, 1.54) is 30.1 Å². The SMILES string of the molecule is CNC(=O)Cc1cc([C@@H](c2nncn2C)C2CCC2)cc(-n2cc3c(C(F)(F)F)cccn3c2=O)c1. The number of aryl methyl sites for hydroxylation is 1. The molecule has 1 aromatic carbocycles. The Bertz CT molecular complexity index is 1500. The van der Waals surface area contributed by atoms with Crippen molar-refractivity contribution >= 4 is 11.4 Å². The third kappa shape index (κ3) is 4.18. The Morgan fingerprint density at radius 1 is 1.25 bits per heavy atom. The van der Waals surface area contributed by atoms with E-state index < -0.39 is 17.4 Å². The number of carbonyl (C=O) groups excluding carboxylic acids is 1. The van der Waals surface area contributed by atoms with Gasteiger partial charge in [0, 0.05) is 32.4 Å². The van der Waals surface area contributed by atoms with Crippen LogP contribution in [-0.2, 0) is 24.4 Å². The third-order valence-corrected chi connectivity index (χ3v) is 6.93. The molecule has 0 bridgehead atoms. The molecular formula is C25H25F3N6O2. The Morgan fingerprint density at radius 2 is 2.03 bits per heavy atom. The molecule has 0 aliphatic heterocycles. The molecule has 4 aromatic rings. The van der Waals surface area contributed by atoms with Gasteiger partial charge in [0.2, 0.25) is 5.91 Å². The summed E-state index contributed by atoms with van der Waals surface area (Å²) in [5.74, 6) is 0.716. The number of fused-ring (bicyclic) bond motifs is 1. The van der Waals surface area contributed by atoms with Crippen molar-refractivity contribution in [3.8, 4) is 5.69 Å². The summed E-state index contributed by atoms with van der Waals surface area (Å²) in [5, 5.41) is 11.0. The van der Waals surface area contributed by atoms with Gasteiger partial charge in [-0.3, -0.25) is 13.8 Å². The fourth-order valence-corrected chi connectivity index (χ4v) is 4.91. The highest BCUT2D eigenvalue weighted by Crippen LogP contribution is 2.43. The van der Waals surface area contributed by atoms with Gasteiger partial charge in [0.05, 0.1) is 23.2 Å². The number of hydrogen-bond acceptors (Lipinski definition) is 4. The van der Waals surface area contributed by atoms with Crippen LogP contribution in [0.4, 0.5) is 13.2 Å². The average molecular weight is 499 g/mol. The second-order valence-corrected chi connectivity index (χ2v) is 9.21. The van der Waals surface area contributed by atoms with E-state index in [9.17, 15) is 22.8 Å². The highest BCUT2D eigenvalue weighted by Gasteiger charge is 2.35. The molecule has 36 heavy (non-hydrogen) atoms. The Kier molecular flexibility index (Phi) is 5.93. The highest BCUT2D eigenvalue weighted by molar-refractivity contribution is 5.78. The fraction of sp³-hybridized carbons (Fsp3) is 0.360. The summed E-state index contributed by atoms with van der Waals surface area (Å²) in [6.45, 7) is 0. The molecule has 5 rings (SSSR count). The van der Waals surface area contributed by atoms with Crippen LogP contribution in [-0.4, -0.2) is 36.7 Å². The lowest BCUT2D eigenvalue weighted by Gasteiger charge is -2.33. The molecule has 1 fully saturated rings. The molecule has 1 aliphatic carbocycles. The van der Waals surface area contributed by atoms with Crippen LogP contribution >= 0.6 is 0 Å². The molecule has 1 atom stereocenters. The van der Waals surface area contributed by atoms with E-state index in [2.05, 4.69) is 15.5 Å². The van der Waals surface area contributed by atoms with Crippen molar-refractivity contribution in [1.29, 1.82) is 0 Å². The fourth-order valence-electron chi connectivity index (χ4n) is 4.91. The number of amides is 1. The van der Waals surface area contributed by atoms with Gasteiger partial charge in [-0.05, 0) is 54.2 Å². The lowest BCUT2D eigenvalue weighted by Crippen LogP contribution is -2.25. The van der Waals surface area contributed by atoms with Crippen LogP contribution in [0.15, 0.2) is 53.8 Å². The van der Waals surface area contributed by atoms with Gasteiger partial charge in [0.25, 0.3) is 0 Å². The van der Waals surface area contributed by atoms with E-state index in [4.69, 9.17) is 0 Å². The molecule has 0 unspecified atom stereocenters. The van der Waals surface area contributed by atoms with Crippen molar-refractivity contribution in [1.82, 2.24) is 29.0 Å². The minimum atomic E-state index is -4.61. The smallest absolute Gasteiger partial charge is 0.359 e. The number of imidazole rings is 1. The van der Waals surface area contributed by atoms with E-state index in [1.54, 1.807) is 18.5 Å². The summed E-state index contributed by atoms with van der Waals surface area (Å²) in [5.41, 5.74) is 0.112. The quantitative estimate of drug-likeness (QED) is 0.441. The minimum absolute atomic E-state index is 0.0590. The van der Waals surface area contributed by atoms with Crippen LogP contribution in [0.2, 0.25) is 0 Å². The Hall–Kier alpha value is -3.89. The number of aromatic nitrogens is 5. The number of nitrogens with one attached hydrogen (secondary N) is 1. The second kappa shape index (κ2) is 8.96. The summed E-state index contributed by atoms with van der Waals surface area (Å²) in [7, 11) is 3.40. The minimum Gasteiger partial charge on any atom is -0.359 e. The van der Waals surface area contributed by atoms with Gasteiger partial charge in [-0.25, -0.2) is 4.79 Å². The number of nitrogens with zero attached hydrogens (tertiary/aromatic N) is 5. The Labute approximate surface area is 204 Å². The molecule has 3 aromatic heterocycles. The van der Waals surface area contributed by atoms with Gasteiger partial charge < -0.3 is 9.88 Å². The van der Waals surface area contributed by atoms with E-state index in [-0.39, 0.29) is 23.8 Å². The second-order valence-electron chi connectivity index (χ2n) is 9.21. The predicted octanol–water partition coefficient (Wildman–Crippen LogP) is 3.46. The Balaban J connectivity index is 1.71. The van der Waals surface area contributed by atoms with Crippen LogP contribution in [0, 0.1) is 5.92 Å². The van der Waals surface area contributed by atoms with Crippen molar-refractivity contribution in [3.63, 3.8) is 0 Å². The van der Waals surface area contributed by atoms with E-state index in [1.807, 2.05) is 17.7 Å². The first-order valence-electron chi connectivity index (χ1n) is 11.7. The van der Waals surface area contributed by atoms with Crippen molar-refractivity contribution in [3.05, 3.63) is 82.1 Å². The first-order chi connectivity index (χ1) is 17.2. The summed E-state index contributed by atoms with van der Waals surface area (Å²) in [6.07, 6.45) is 2.68. The van der Waals surface area contributed by atoms with E-state index in [0.717, 1.165) is 41.1 Å². The maximum Gasteiger partial charge on any atom is 0.418 e. The van der Waals surface area contributed by atoms with Gasteiger partial charge in [-0.1, -0.05) is 12.5 Å². The van der Waals surface area contributed by atoms with E-state index >= 15 is 0 Å². The largest absolute Gasteiger partial charge is 0.418 e. The first-order valence-corrected chi connectivity index (χ1v) is 11.7. The zero-order valence-electron chi connectivity index (χ0n) is 19.8. The molecule has 0 radical (unpaired) electrons. The topological polar surface area (TPSA) is 86.2 Å². The van der Waals surface area contributed by atoms with Crippen molar-refractivity contribution < 1.29 is 18.0 Å². The molecule has 3 heterocycles. The van der Waals surface area contributed by atoms with Gasteiger partial charge >= 0.3 is 11.9 Å². The van der Waals surface area contributed by atoms with Crippen LogP contribution in [0.25, 0.3) is 11.2 Å². The number of alkyl halides is 3. The summed E-state index contributed by atoms with van der Waals surface area (Å²) in [4.78, 5) is 25.4. The van der Waals surface area contributed by atoms with Gasteiger partial charge in [0.1, 0.15) is 12.2 Å². The van der Waals surface area contributed by atoms with Crippen molar-refractivity contribution in [2.24, 2.45) is 13.0 Å². The average Bonchev–Trinajstić information content (AvgIpc) is 3.38. The summed E-state index contributed by atoms with van der Waals surface area (Å²) >= 11 is 0. The standard InChI is InChI=1S/C25H25F3N6O2/c1-29-21(35)11-15-9-17(22(16-5-3-6-16)23-31-30-14-32(23)2)12-18(10-15)34-13-20-19(25(26,27)28)7-4-8-33(20)24(34)36/h4,7-10,12-14,16,22H,3,5-6,11H2,1-2H3,(H,29,35)/t22-/m0/s1. The maximum atomic E-state index is 13.6. The van der Waals surface area contributed by atoms with Crippen LogP contribution in [0.5, 0.6) is 0 Å². The molecule has 188 valence electrons. The van der Waals surface area contributed by atoms with Crippen LogP contribution < -0.4 is 11.0 Å². The molecule has 8 nitrogen and oxygen atoms in total. The monoisotopic (exact) mass is 498 g/mol. The molecule has 1 N–H and O–H groups in total. The zero-order valence-corrected chi connectivity index (χ0v) is 19.8. The lowest BCUT2D eigenvalue weighted by molar-refractivity contribution is -0.136. The number of benzene rings is 1. The van der Waals surface area contributed by atoms with Gasteiger partial charge in [-0.2, -0.15) is 13.2 Å². The van der Waals surface area contributed by atoms with Crippen LogP contribution in [0.1, 0.15) is 47.7 Å².